The van der Waals surface area contributed by atoms with Gasteiger partial charge in [0.05, 0.1) is 17.7 Å². The summed E-state index contributed by atoms with van der Waals surface area (Å²) >= 11 is 1.69. The summed E-state index contributed by atoms with van der Waals surface area (Å²) in [5.74, 6) is 1.71. The highest BCUT2D eigenvalue weighted by Crippen LogP contribution is 2.22. The number of aliphatic imine (C=N–C) groups is 1. The van der Waals surface area contributed by atoms with Crippen molar-refractivity contribution in [3.63, 3.8) is 0 Å². The topological polar surface area (TPSA) is 58.5 Å². The van der Waals surface area contributed by atoms with Crippen molar-refractivity contribution < 1.29 is 4.74 Å². The van der Waals surface area contributed by atoms with Gasteiger partial charge in [-0.1, -0.05) is 19.1 Å². The van der Waals surface area contributed by atoms with Gasteiger partial charge in [0, 0.05) is 30.2 Å². The number of rotatable bonds is 7. The number of nitrogens with one attached hydrogen (secondary N) is 2. The molecule has 0 amide bonds. The third-order valence-corrected chi connectivity index (χ3v) is 4.81. The number of hydrogen-bond acceptors (Lipinski definition) is 4. The number of aromatic nitrogens is 1. The number of guanidine groups is 1. The Kier molecular flexibility index (Phi) is 7.25. The number of hydrogen-bond donors (Lipinski definition) is 2. The van der Waals surface area contributed by atoms with Crippen molar-refractivity contribution in [3.8, 4) is 5.75 Å². The highest BCUT2D eigenvalue weighted by molar-refractivity contribution is 7.11. The van der Waals surface area contributed by atoms with Crippen molar-refractivity contribution >= 4 is 17.3 Å². The lowest BCUT2D eigenvalue weighted by molar-refractivity contribution is 0.215. The second kappa shape index (κ2) is 9.42. The van der Waals surface area contributed by atoms with Crippen LogP contribution in [0.3, 0.4) is 0 Å². The Morgan fingerprint density at radius 2 is 2.04 bits per heavy atom. The number of benzene rings is 1. The maximum absolute atomic E-state index is 6.07. The Hall–Kier alpha value is -2.08. The fourth-order valence-electron chi connectivity index (χ4n) is 2.28. The monoisotopic (exact) mass is 360 g/mol. The van der Waals surface area contributed by atoms with Crippen LogP contribution in [0.5, 0.6) is 5.75 Å². The zero-order valence-electron chi connectivity index (χ0n) is 15.7. The summed E-state index contributed by atoms with van der Waals surface area (Å²) in [6.45, 7) is 9.70. The van der Waals surface area contributed by atoms with Crippen molar-refractivity contribution in [3.05, 3.63) is 45.4 Å². The van der Waals surface area contributed by atoms with E-state index in [1.807, 2.05) is 13.1 Å². The van der Waals surface area contributed by atoms with E-state index < -0.39 is 0 Å². The standard InChI is InChI=1S/C19H28N4OS/c1-6-14(3)24-18-9-13(2)7-8-16(18)10-22-19(20-5)23-12-17-11-21-15(4)25-17/h7-9,11,14H,6,10,12H2,1-5H3,(H2,20,22,23). The number of nitrogens with zero attached hydrogens (tertiary/aromatic N) is 2. The SMILES string of the molecule is CCC(C)Oc1cc(C)ccc1CNC(=NC)NCc1cnc(C)s1. The van der Waals surface area contributed by atoms with Crippen LogP contribution in [0.2, 0.25) is 0 Å². The summed E-state index contributed by atoms with van der Waals surface area (Å²) in [7, 11) is 1.78. The molecule has 1 atom stereocenters. The summed E-state index contributed by atoms with van der Waals surface area (Å²) in [5, 5.41) is 7.75. The molecule has 5 nitrogen and oxygen atoms in total. The third kappa shape index (κ3) is 6.05. The maximum Gasteiger partial charge on any atom is 0.191 e. The minimum Gasteiger partial charge on any atom is -0.490 e. The third-order valence-electron chi connectivity index (χ3n) is 3.89. The molecular formula is C19H28N4OS. The van der Waals surface area contributed by atoms with Crippen LogP contribution in [0.25, 0.3) is 0 Å². The van der Waals surface area contributed by atoms with Gasteiger partial charge in [-0.2, -0.15) is 0 Å². The molecule has 0 bridgehead atoms. The molecule has 0 radical (unpaired) electrons. The lowest BCUT2D eigenvalue weighted by Crippen LogP contribution is -2.36. The van der Waals surface area contributed by atoms with Gasteiger partial charge >= 0.3 is 0 Å². The van der Waals surface area contributed by atoms with Gasteiger partial charge in [0.2, 0.25) is 0 Å². The van der Waals surface area contributed by atoms with Crippen LogP contribution in [0.15, 0.2) is 29.4 Å². The van der Waals surface area contributed by atoms with Crippen molar-refractivity contribution in [1.29, 1.82) is 0 Å². The molecule has 0 aliphatic heterocycles. The maximum atomic E-state index is 6.07. The summed E-state index contributed by atoms with van der Waals surface area (Å²) in [4.78, 5) is 9.75. The molecule has 6 heteroatoms. The molecule has 1 aromatic carbocycles. The van der Waals surface area contributed by atoms with Gasteiger partial charge in [0.1, 0.15) is 5.75 Å². The van der Waals surface area contributed by atoms with E-state index in [1.54, 1.807) is 18.4 Å². The summed E-state index contributed by atoms with van der Waals surface area (Å²) < 4.78 is 6.07. The van der Waals surface area contributed by atoms with E-state index in [9.17, 15) is 0 Å². The first-order chi connectivity index (χ1) is 12.0. The fourth-order valence-corrected chi connectivity index (χ4v) is 3.01. The van der Waals surface area contributed by atoms with Crippen LogP contribution in [-0.2, 0) is 13.1 Å². The molecule has 2 aromatic rings. The molecule has 1 unspecified atom stereocenters. The Balaban J connectivity index is 1.96. The highest BCUT2D eigenvalue weighted by atomic mass is 32.1. The van der Waals surface area contributed by atoms with E-state index in [1.165, 1.54) is 10.4 Å². The molecule has 0 aliphatic rings. The van der Waals surface area contributed by atoms with Gasteiger partial charge in [-0.3, -0.25) is 4.99 Å². The van der Waals surface area contributed by atoms with Gasteiger partial charge in [-0.25, -0.2) is 4.98 Å². The molecule has 2 rings (SSSR count). The molecule has 1 aromatic heterocycles. The van der Waals surface area contributed by atoms with Gasteiger partial charge in [0.25, 0.3) is 0 Å². The van der Waals surface area contributed by atoms with Crippen molar-refractivity contribution in [2.45, 2.75) is 53.3 Å². The first-order valence-electron chi connectivity index (χ1n) is 8.63. The quantitative estimate of drug-likeness (QED) is 0.582. The van der Waals surface area contributed by atoms with E-state index in [-0.39, 0.29) is 6.10 Å². The van der Waals surface area contributed by atoms with Crippen molar-refractivity contribution in [2.75, 3.05) is 7.05 Å². The Morgan fingerprint density at radius 1 is 1.28 bits per heavy atom. The second-order valence-corrected chi connectivity index (χ2v) is 7.39. The Morgan fingerprint density at radius 3 is 2.68 bits per heavy atom. The smallest absolute Gasteiger partial charge is 0.191 e. The molecule has 0 spiro atoms. The van der Waals surface area contributed by atoms with Crippen LogP contribution in [0, 0.1) is 13.8 Å². The molecule has 0 fully saturated rings. The predicted molar refractivity (Wildman–Crippen MR) is 105 cm³/mol. The molecule has 0 saturated carbocycles. The largest absolute Gasteiger partial charge is 0.490 e. The molecule has 0 aliphatic carbocycles. The van der Waals surface area contributed by atoms with Crippen LogP contribution in [-0.4, -0.2) is 24.1 Å². The summed E-state index contributed by atoms with van der Waals surface area (Å²) in [5.41, 5.74) is 2.33. The fraction of sp³-hybridized carbons (Fsp3) is 0.474. The Labute approximate surface area is 154 Å². The predicted octanol–water partition coefficient (Wildman–Crippen LogP) is 3.80. The highest BCUT2D eigenvalue weighted by Gasteiger charge is 2.09. The summed E-state index contributed by atoms with van der Waals surface area (Å²) in [6, 6.07) is 6.32. The van der Waals surface area contributed by atoms with Crippen LogP contribution >= 0.6 is 11.3 Å². The van der Waals surface area contributed by atoms with Gasteiger partial charge < -0.3 is 15.4 Å². The van der Waals surface area contributed by atoms with E-state index in [0.29, 0.717) is 6.54 Å². The van der Waals surface area contributed by atoms with E-state index >= 15 is 0 Å². The van der Waals surface area contributed by atoms with Crippen molar-refractivity contribution in [2.24, 2.45) is 4.99 Å². The molecule has 136 valence electrons. The minimum absolute atomic E-state index is 0.201. The number of ether oxygens (including phenoxy) is 1. The van der Waals surface area contributed by atoms with E-state index in [0.717, 1.165) is 35.2 Å². The summed E-state index contributed by atoms with van der Waals surface area (Å²) in [6.07, 6.45) is 3.09. The lowest BCUT2D eigenvalue weighted by Gasteiger charge is -2.18. The second-order valence-electron chi connectivity index (χ2n) is 6.07. The average Bonchev–Trinajstić information content (AvgIpc) is 3.01. The molecule has 0 saturated heterocycles. The lowest BCUT2D eigenvalue weighted by atomic mass is 10.1. The average molecular weight is 361 g/mol. The number of thiazole rings is 1. The first kappa shape index (κ1) is 19.2. The zero-order chi connectivity index (χ0) is 18.2. The first-order valence-corrected chi connectivity index (χ1v) is 9.45. The van der Waals surface area contributed by atoms with E-state index in [2.05, 4.69) is 59.6 Å². The number of aryl methyl sites for hydroxylation is 2. The van der Waals surface area contributed by atoms with Gasteiger partial charge in [0.15, 0.2) is 5.96 Å². The molecule has 25 heavy (non-hydrogen) atoms. The Bertz CT molecular complexity index is 711. The molecule has 2 N–H and O–H groups in total. The molecular weight excluding hydrogens is 332 g/mol. The normalized spacial score (nSPS) is 12.8. The zero-order valence-corrected chi connectivity index (χ0v) is 16.5. The van der Waals surface area contributed by atoms with Crippen LogP contribution < -0.4 is 15.4 Å². The van der Waals surface area contributed by atoms with Crippen molar-refractivity contribution in [1.82, 2.24) is 15.6 Å². The van der Waals surface area contributed by atoms with Gasteiger partial charge in [-0.15, -0.1) is 11.3 Å². The van der Waals surface area contributed by atoms with Crippen LogP contribution in [0.4, 0.5) is 0 Å². The molecule has 1 heterocycles. The van der Waals surface area contributed by atoms with E-state index in [4.69, 9.17) is 4.74 Å². The van der Waals surface area contributed by atoms with Crippen LogP contribution in [0.1, 0.15) is 41.3 Å². The minimum atomic E-state index is 0.201. The van der Waals surface area contributed by atoms with Gasteiger partial charge in [-0.05, 0) is 38.8 Å².